The molecule has 0 amide bonds. The zero-order valence-electron chi connectivity index (χ0n) is 11.5. The van der Waals surface area contributed by atoms with Crippen LogP contribution in [-0.4, -0.2) is 6.54 Å². The van der Waals surface area contributed by atoms with Crippen molar-refractivity contribution in [3.8, 4) is 0 Å². The lowest BCUT2D eigenvalue weighted by Crippen LogP contribution is -2.15. The van der Waals surface area contributed by atoms with E-state index in [2.05, 4.69) is 44.2 Å². The number of rotatable bonds is 4. The minimum Gasteiger partial charge on any atom is -0.330 e. The van der Waals surface area contributed by atoms with Crippen LogP contribution in [0.2, 0.25) is 5.02 Å². The van der Waals surface area contributed by atoms with Gasteiger partial charge in [-0.05, 0) is 50.1 Å². The Morgan fingerprint density at radius 2 is 1.58 bits per heavy atom. The van der Waals surface area contributed by atoms with E-state index in [1.54, 1.807) is 0 Å². The monoisotopic (exact) mass is 273 g/mol. The third-order valence-corrected chi connectivity index (χ3v) is 3.64. The van der Waals surface area contributed by atoms with Crippen molar-refractivity contribution in [1.82, 2.24) is 0 Å². The van der Waals surface area contributed by atoms with E-state index in [1.165, 1.54) is 22.3 Å². The molecule has 0 aliphatic carbocycles. The smallest absolute Gasteiger partial charge is 0.0406 e. The molecule has 0 spiro atoms. The van der Waals surface area contributed by atoms with Gasteiger partial charge < -0.3 is 5.73 Å². The molecule has 0 heterocycles. The summed E-state index contributed by atoms with van der Waals surface area (Å²) in [6.07, 6.45) is 0.973. The predicted octanol–water partition coefficient (Wildman–Crippen LogP) is 4.24. The second-order valence-corrected chi connectivity index (χ2v) is 5.62. The molecule has 2 heteroatoms. The Kier molecular flexibility index (Phi) is 4.62. The summed E-state index contributed by atoms with van der Waals surface area (Å²) in [5.41, 5.74) is 11.2. The largest absolute Gasteiger partial charge is 0.330 e. The first-order valence-corrected chi connectivity index (χ1v) is 6.99. The molecule has 0 aromatic heterocycles. The Balaban J connectivity index is 2.21. The average molecular weight is 274 g/mol. The summed E-state index contributed by atoms with van der Waals surface area (Å²) in [5.74, 6) is 0.346. The fraction of sp³-hybridized carbons (Fsp3) is 0.294. The molecule has 1 atom stereocenters. The molecule has 0 aliphatic rings. The summed E-state index contributed by atoms with van der Waals surface area (Å²) >= 11 is 5.93. The third-order valence-electron chi connectivity index (χ3n) is 3.39. The van der Waals surface area contributed by atoms with E-state index < -0.39 is 0 Å². The van der Waals surface area contributed by atoms with Gasteiger partial charge in [0.15, 0.2) is 0 Å². The lowest BCUT2D eigenvalue weighted by Gasteiger charge is -2.16. The van der Waals surface area contributed by atoms with Crippen LogP contribution in [0.4, 0.5) is 0 Å². The highest BCUT2D eigenvalue weighted by atomic mass is 35.5. The van der Waals surface area contributed by atoms with Crippen molar-refractivity contribution >= 4 is 11.6 Å². The van der Waals surface area contributed by atoms with Gasteiger partial charge in [-0.3, -0.25) is 0 Å². The highest BCUT2D eigenvalue weighted by Gasteiger charge is 2.11. The van der Waals surface area contributed by atoms with Gasteiger partial charge in [-0.2, -0.15) is 0 Å². The molecular formula is C17H20ClN. The molecule has 2 aromatic rings. The van der Waals surface area contributed by atoms with Gasteiger partial charge in [-0.1, -0.05) is 53.1 Å². The van der Waals surface area contributed by atoms with Gasteiger partial charge in [0.2, 0.25) is 0 Å². The number of halogens is 1. The molecule has 0 saturated heterocycles. The van der Waals surface area contributed by atoms with Gasteiger partial charge >= 0.3 is 0 Å². The van der Waals surface area contributed by atoms with Crippen LogP contribution in [0.3, 0.4) is 0 Å². The standard InChI is InChI=1S/C17H20ClN/c1-12-7-13(2)9-14(8-12)10-16(11-19)15-3-5-17(18)6-4-15/h3-9,16H,10-11,19H2,1-2H3. The summed E-state index contributed by atoms with van der Waals surface area (Å²) in [4.78, 5) is 0. The molecule has 0 aliphatic heterocycles. The molecule has 2 aromatic carbocycles. The van der Waals surface area contributed by atoms with Crippen LogP contribution in [0.15, 0.2) is 42.5 Å². The zero-order valence-corrected chi connectivity index (χ0v) is 12.2. The Labute approximate surface area is 120 Å². The van der Waals surface area contributed by atoms with E-state index in [0.29, 0.717) is 12.5 Å². The number of aryl methyl sites for hydroxylation is 2. The van der Waals surface area contributed by atoms with E-state index >= 15 is 0 Å². The Bertz CT molecular complexity index is 525. The Morgan fingerprint density at radius 3 is 2.11 bits per heavy atom. The third kappa shape index (κ3) is 3.82. The first-order chi connectivity index (χ1) is 9.08. The second-order valence-electron chi connectivity index (χ2n) is 5.18. The fourth-order valence-corrected chi connectivity index (χ4v) is 2.67. The fourth-order valence-electron chi connectivity index (χ4n) is 2.54. The van der Waals surface area contributed by atoms with E-state index in [1.807, 2.05) is 12.1 Å². The first kappa shape index (κ1) is 14.1. The van der Waals surface area contributed by atoms with Crippen molar-refractivity contribution in [2.45, 2.75) is 26.2 Å². The minimum absolute atomic E-state index is 0.346. The van der Waals surface area contributed by atoms with Crippen LogP contribution < -0.4 is 5.73 Å². The molecule has 2 rings (SSSR count). The van der Waals surface area contributed by atoms with Gasteiger partial charge in [0.05, 0.1) is 0 Å². The maximum Gasteiger partial charge on any atom is 0.0406 e. The summed E-state index contributed by atoms with van der Waals surface area (Å²) in [5, 5.41) is 0.769. The molecular weight excluding hydrogens is 254 g/mol. The van der Waals surface area contributed by atoms with Gasteiger partial charge in [-0.25, -0.2) is 0 Å². The van der Waals surface area contributed by atoms with Gasteiger partial charge in [-0.15, -0.1) is 0 Å². The maximum atomic E-state index is 5.93. The lowest BCUT2D eigenvalue weighted by atomic mass is 9.91. The molecule has 1 nitrogen and oxygen atoms in total. The van der Waals surface area contributed by atoms with Crippen molar-refractivity contribution in [3.05, 3.63) is 69.7 Å². The van der Waals surface area contributed by atoms with Crippen molar-refractivity contribution in [1.29, 1.82) is 0 Å². The van der Waals surface area contributed by atoms with Gasteiger partial charge in [0.25, 0.3) is 0 Å². The van der Waals surface area contributed by atoms with Gasteiger partial charge in [0.1, 0.15) is 0 Å². The van der Waals surface area contributed by atoms with Crippen LogP contribution in [-0.2, 0) is 6.42 Å². The van der Waals surface area contributed by atoms with E-state index in [0.717, 1.165) is 11.4 Å². The van der Waals surface area contributed by atoms with Crippen LogP contribution in [0.5, 0.6) is 0 Å². The van der Waals surface area contributed by atoms with Crippen molar-refractivity contribution in [2.75, 3.05) is 6.54 Å². The van der Waals surface area contributed by atoms with Crippen LogP contribution >= 0.6 is 11.6 Å². The normalized spacial score (nSPS) is 12.4. The van der Waals surface area contributed by atoms with Crippen LogP contribution in [0, 0.1) is 13.8 Å². The zero-order chi connectivity index (χ0) is 13.8. The summed E-state index contributed by atoms with van der Waals surface area (Å²) in [6.45, 7) is 4.92. The highest BCUT2D eigenvalue weighted by Crippen LogP contribution is 2.23. The number of hydrogen-bond donors (Lipinski definition) is 1. The van der Waals surface area contributed by atoms with Crippen molar-refractivity contribution in [2.24, 2.45) is 5.73 Å². The van der Waals surface area contributed by atoms with E-state index in [9.17, 15) is 0 Å². The quantitative estimate of drug-likeness (QED) is 0.886. The molecule has 0 fully saturated rings. The molecule has 100 valence electrons. The number of hydrogen-bond acceptors (Lipinski definition) is 1. The predicted molar refractivity (Wildman–Crippen MR) is 82.9 cm³/mol. The molecule has 19 heavy (non-hydrogen) atoms. The molecule has 0 radical (unpaired) electrons. The molecule has 1 unspecified atom stereocenters. The SMILES string of the molecule is Cc1cc(C)cc(CC(CN)c2ccc(Cl)cc2)c1. The lowest BCUT2D eigenvalue weighted by molar-refractivity contribution is 0.694. The summed E-state index contributed by atoms with van der Waals surface area (Å²) in [7, 11) is 0. The van der Waals surface area contributed by atoms with Crippen molar-refractivity contribution < 1.29 is 0 Å². The Morgan fingerprint density at radius 1 is 1.00 bits per heavy atom. The molecule has 0 saturated carbocycles. The van der Waals surface area contributed by atoms with Crippen molar-refractivity contribution in [3.63, 3.8) is 0 Å². The van der Waals surface area contributed by atoms with Gasteiger partial charge in [0, 0.05) is 10.9 Å². The Hall–Kier alpha value is -1.31. The topological polar surface area (TPSA) is 26.0 Å². The minimum atomic E-state index is 0.346. The maximum absolute atomic E-state index is 5.93. The van der Waals surface area contributed by atoms with Crippen LogP contribution in [0.1, 0.15) is 28.2 Å². The van der Waals surface area contributed by atoms with E-state index in [4.69, 9.17) is 17.3 Å². The van der Waals surface area contributed by atoms with E-state index in [-0.39, 0.29) is 0 Å². The molecule has 2 N–H and O–H groups in total. The number of nitrogens with two attached hydrogens (primary N) is 1. The average Bonchev–Trinajstić information content (AvgIpc) is 2.36. The highest BCUT2D eigenvalue weighted by molar-refractivity contribution is 6.30. The molecule has 0 bridgehead atoms. The summed E-state index contributed by atoms with van der Waals surface area (Å²) in [6, 6.07) is 14.7. The first-order valence-electron chi connectivity index (χ1n) is 6.61. The summed E-state index contributed by atoms with van der Waals surface area (Å²) < 4.78 is 0. The van der Waals surface area contributed by atoms with Crippen LogP contribution in [0.25, 0.3) is 0 Å². The second kappa shape index (κ2) is 6.23. The number of benzene rings is 2.